The SMILES string of the molecule is CCO[C@H](CNC(=O)N1CCCO[C@H](C)C1)c1ccccc1. The smallest absolute Gasteiger partial charge is 0.317 e. The predicted molar refractivity (Wildman–Crippen MR) is 85.8 cm³/mol. The minimum Gasteiger partial charge on any atom is -0.377 e. The monoisotopic (exact) mass is 306 g/mol. The number of nitrogens with zero attached hydrogens (tertiary/aromatic N) is 1. The largest absolute Gasteiger partial charge is 0.377 e. The Morgan fingerprint density at radius 3 is 2.95 bits per heavy atom. The van der Waals surface area contributed by atoms with Crippen molar-refractivity contribution >= 4 is 6.03 Å². The van der Waals surface area contributed by atoms with Crippen LogP contribution >= 0.6 is 0 Å². The molecule has 1 N–H and O–H groups in total. The van der Waals surface area contributed by atoms with Gasteiger partial charge >= 0.3 is 6.03 Å². The zero-order chi connectivity index (χ0) is 15.8. The molecule has 2 amide bonds. The lowest BCUT2D eigenvalue weighted by molar-refractivity contribution is 0.0601. The van der Waals surface area contributed by atoms with Gasteiger partial charge in [0.1, 0.15) is 0 Å². The summed E-state index contributed by atoms with van der Waals surface area (Å²) in [6, 6.07) is 9.94. The van der Waals surface area contributed by atoms with Crippen LogP contribution < -0.4 is 5.32 Å². The lowest BCUT2D eigenvalue weighted by Crippen LogP contribution is -2.44. The van der Waals surface area contributed by atoms with E-state index in [0.717, 1.165) is 25.1 Å². The molecule has 0 aliphatic carbocycles. The summed E-state index contributed by atoms with van der Waals surface area (Å²) in [6.45, 7) is 7.14. The van der Waals surface area contributed by atoms with E-state index < -0.39 is 0 Å². The molecule has 0 spiro atoms. The molecule has 1 saturated heterocycles. The normalized spacial score (nSPS) is 20.3. The summed E-state index contributed by atoms with van der Waals surface area (Å²) in [7, 11) is 0. The molecule has 0 radical (unpaired) electrons. The van der Waals surface area contributed by atoms with Crippen LogP contribution in [0.3, 0.4) is 0 Å². The van der Waals surface area contributed by atoms with E-state index in [1.807, 2.05) is 49.1 Å². The fraction of sp³-hybridized carbons (Fsp3) is 0.588. The van der Waals surface area contributed by atoms with Gasteiger partial charge in [0.25, 0.3) is 0 Å². The van der Waals surface area contributed by atoms with Crippen molar-refractivity contribution in [1.82, 2.24) is 10.2 Å². The molecule has 5 nitrogen and oxygen atoms in total. The lowest BCUT2D eigenvalue weighted by Gasteiger charge is -2.24. The molecule has 122 valence electrons. The lowest BCUT2D eigenvalue weighted by atomic mass is 10.1. The zero-order valence-electron chi connectivity index (χ0n) is 13.5. The molecular weight excluding hydrogens is 280 g/mol. The molecule has 1 aliphatic rings. The molecule has 2 atom stereocenters. The second-order valence-electron chi connectivity index (χ2n) is 5.52. The Morgan fingerprint density at radius 1 is 1.45 bits per heavy atom. The second-order valence-corrected chi connectivity index (χ2v) is 5.52. The number of nitrogens with one attached hydrogen (secondary N) is 1. The Balaban J connectivity index is 1.89. The molecule has 1 heterocycles. The highest BCUT2D eigenvalue weighted by atomic mass is 16.5. The number of benzene rings is 1. The number of rotatable bonds is 5. The van der Waals surface area contributed by atoms with E-state index in [9.17, 15) is 4.79 Å². The minimum atomic E-state index is -0.115. The second kappa shape index (κ2) is 8.76. The van der Waals surface area contributed by atoms with Crippen molar-refractivity contribution in [3.8, 4) is 0 Å². The molecule has 1 aromatic carbocycles. The van der Waals surface area contributed by atoms with Gasteiger partial charge in [-0.25, -0.2) is 4.79 Å². The summed E-state index contributed by atoms with van der Waals surface area (Å²) in [5.41, 5.74) is 1.08. The van der Waals surface area contributed by atoms with Crippen LogP contribution in [0.2, 0.25) is 0 Å². The molecule has 1 fully saturated rings. The van der Waals surface area contributed by atoms with E-state index in [0.29, 0.717) is 19.7 Å². The number of carbonyl (C=O) groups is 1. The molecule has 2 rings (SSSR count). The van der Waals surface area contributed by atoms with Crippen LogP contribution in [0.1, 0.15) is 31.9 Å². The third-order valence-corrected chi connectivity index (χ3v) is 3.72. The van der Waals surface area contributed by atoms with E-state index >= 15 is 0 Å². The molecule has 1 aliphatic heterocycles. The Morgan fingerprint density at radius 2 is 2.23 bits per heavy atom. The summed E-state index contributed by atoms with van der Waals surface area (Å²) >= 11 is 0. The van der Waals surface area contributed by atoms with E-state index in [1.54, 1.807) is 0 Å². The average Bonchev–Trinajstić information content (AvgIpc) is 2.76. The highest BCUT2D eigenvalue weighted by molar-refractivity contribution is 5.74. The fourth-order valence-electron chi connectivity index (χ4n) is 2.61. The summed E-state index contributed by atoms with van der Waals surface area (Å²) in [5.74, 6) is 0. The zero-order valence-corrected chi connectivity index (χ0v) is 13.5. The predicted octanol–water partition coefficient (Wildman–Crippen LogP) is 2.58. The maximum absolute atomic E-state index is 12.3. The van der Waals surface area contributed by atoms with Crippen LogP contribution in [0.25, 0.3) is 0 Å². The third kappa shape index (κ3) is 5.00. The first kappa shape index (κ1) is 16.8. The number of ether oxygens (including phenoxy) is 2. The van der Waals surface area contributed by atoms with Crippen molar-refractivity contribution in [2.24, 2.45) is 0 Å². The van der Waals surface area contributed by atoms with Crippen molar-refractivity contribution in [2.75, 3.05) is 32.8 Å². The molecular formula is C17H26N2O3. The third-order valence-electron chi connectivity index (χ3n) is 3.72. The van der Waals surface area contributed by atoms with Crippen LogP contribution in [0, 0.1) is 0 Å². The van der Waals surface area contributed by atoms with Crippen LogP contribution in [-0.4, -0.2) is 49.9 Å². The maximum Gasteiger partial charge on any atom is 0.317 e. The van der Waals surface area contributed by atoms with Crippen molar-refractivity contribution in [3.63, 3.8) is 0 Å². The molecule has 0 aromatic heterocycles. The number of amides is 2. The highest BCUT2D eigenvalue weighted by Crippen LogP contribution is 2.16. The molecule has 0 bridgehead atoms. The molecule has 5 heteroatoms. The number of carbonyl (C=O) groups excluding carboxylic acids is 1. The van der Waals surface area contributed by atoms with Gasteiger partial charge in [0.15, 0.2) is 0 Å². The Kier molecular flexibility index (Phi) is 6.68. The van der Waals surface area contributed by atoms with Gasteiger partial charge in [-0.3, -0.25) is 0 Å². The summed E-state index contributed by atoms with van der Waals surface area (Å²) in [5, 5.41) is 2.99. The molecule has 22 heavy (non-hydrogen) atoms. The van der Waals surface area contributed by atoms with E-state index in [-0.39, 0.29) is 18.2 Å². The minimum absolute atomic E-state index is 0.0435. The summed E-state index contributed by atoms with van der Waals surface area (Å²) in [6.07, 6.45) is 0.853. The molecule has 0 saturated carbocycles. The first-order valence-electron chi connectivity index (χ1n) is 8.01. The topological polar surface area (TPSA) is 50.8 Å². The van der Waals surface area contributed by atoms with Crippen LogP contribution in [0.5, 0.6) is 0 Å². The van der Waals surface area contributed by atoms with Crippen LogP contribution in [-0.2, 0) is 9.47 Å². The van der Waals surface area contributed by atoms with Crippen LogP contribution in [0.15, 0.2) is 30.3 Å². The van der Waals surface area contributed by atoms with Gasteiger partial charge in [-0.05, 0) is 25.8 Å². The van der Waals surface area contributed by atoms with Gasteiger partial charge in [-0.1, -0.05) is 30.3 Å². The van der Waals surface area contributed by atoms with Crippen molar-refractivity contribution in [2.45, 2.75) is 32.5 Å². The van der Waals surface area contributed by atoms with E-state index in [2.05, 4.69) is 5.32 Å². The Bertz CT molecular complexity index is 452. The number of hydrogen-bond acceptors (Lipinski definition) is 3. The van der Waals surface area contributed by atoms with Crippen molar-refractivity contribution < 1.29 is 14.3 Å². The van der Waals surface area contributed by atoms with Gasteiger partial charge in [-0.2, -0.15) is 0 Å². The van der Waals surface area contributed by atoms with Gasteiger partial charge < -0.3 is 19.7 Å². The van der Waals surface area contributed by atoms with Gasteiger partial charge in [0.2, 0.25) is 0 Å². The van der Waals surface area contributed by atoms with Gasteiger partial charge in [0.05, 0.1) is 12.2 Å². The molecule has 1 aromatic rings. The Hall–Kier alpha value is -1.59. The van der Waals surface area contributed by atoms with Crippen molar-refractivity contribution in [1.29, 1.82) is 0 Å². The van der Waals surface area contributed by atoms with E-state index in [4.69, 9.17) is 9.47 Å². The summed E-state index contributed by atoms with van der Waals surface area (Å²) in [4.78, 5) is 14.2. The number of urea groups is 1. The van der Waals surface area contributed by atoms with E-state index in [1.165, 1.54) is 0 Å². The average molecular weight is 306 g/mol. The first-order chi connectivity index (χ1) is 10.7. The maximum atomic E-state index is 12.3. The highest BCUT2D eigenvalue weighted by Gasteiger charge is 2.21. The quantitative estimate of drug-likeness (QED) is 0.909. The number of hydrogen-bond donors (Lipinski definition) is 1. The van der Waals surface area contributed by atoms with Crippen molar-refractivity contribution in [3.05, 3.63) is 35.9 Å². The standard InChI is InChI=1S/C17H26N2O3/c1-3-21-16(15-8-5-4-6-9-15)12-18-17(20)19-10-7-11-22-14(2)13-19/h4-6,8-9,14,16H,3,7,10-13H2,1-2H3,(H,18,20)/t14-,16-/m1/s1. The fourth-order valence-corrected chi connectivity index (χ4v) is 2.61. The molecule has 0 unspecified atom stereocenters. The van der Waals surface area contributed by atoms with Gasteiger partial charge in [-0.15, -0.1) is 0 Å². The van der Waals surface area contributed by atoms with Crippen LogP contribution in [0.4, 0.5) is 4.79 Å². The first-order valence-corrected chi connectivity index (χ1v) is 8.01. The summed E-state index contributed by atoms with van der Waals surface area (Å²) < 4.78 is 11.3. The Labute approximate surface area is 132 Å². The van der Waals surface area contributed by atoms with Gasteiger partial charge in [0, 0.05) is 32.8 Å².